The van der Waals surface area contributed by atoms with Crippen LogP contribution in [0.2, 0.25) is 5.02 Å². The number of nitrogen functional groups attached to an aromatic ring is 1. The van der Waals surface area contributed by atoms with Gasteiger partial charge in [0.15, 0.2) is 0 Å². The molecule has 60 valence electrons. The molecule has 1 aromatic carbocycles. The van der Waals surface area contributed by atoms with Crippen LogP contribution in [0.3, 0.4) is 0 Å². The minimum atomic E-state index is 0.600. The van der Waals surface area contributed by atoms with E-state index in [0.29, 0.717) is 6.54 Å². The Morgan fingerprint density at radius 3 is 2.73 bits per heavy atom. The van der Waals surface area contributed by atoms with E-state index in [1.807, 2.05) is 6.07 Å². The van der Waals surface area contributed by atoms with Crippen molar-refractivity contribution < 1.29 is 0 Å². The van der Waals surface area contributed by atoms with E-state index in [2.05, 4.69) is 0 Å². The van der Waals surface area contributed by atoms with E-state index in [9.17, 15) is 0 Å². The number of nitrogens with two attached hydrogens (primary N) is 2. The monoisotopic (exact) mass is 170 g/mol. The molecule has 0 spiro atoms. The summed E-state index contributed by atoms with van der Waals surface area (Å²) in [6.07, 6.45) is 0.782. The van der Waals surface area contributed by atoms with Crippen molar-refractivity contribution in [1.29, 1.82) is 0 Å². The Bertz CT molecular complexity index is 248. The van der Waals surface area contributed by atoms with Gasteiger partial charge in [0.05, 0.1) is 0 Å². The molecule has 0 aliphatic carbocycles. The summed E-state index contributed by atoms with van der Waals surface area (Å²) < 4.78 is 0. The molecule has 0 fully saturated rings. The fourth-order valence-electron chi connectivity index (χ4n) is 0.942. The van der Waals surface area contributed by atoms with Gasteiger partial charge in [0, 0.05) is 10.7 Å². The summed E-state index contributed by atoms with van der Waals surface area (Å²) in [5.41, 5.74) is 12.7. The van der Waals surface area contributed by atoms with Crippen molar-refractivity contribution in [2.24, 2.45) is 5.73 Å². The van der Waals surface area contributed by atoms with Gasteiger partial charge >= 0.3 is 0 Å². The number of anilines is 1. The van der Waals surface area contributed by atoms with E-state index in [-0.39, 0.29) is 0 Å². The Labute approximate surface area is 71.1 Å². The van der Waals surface area contributed by atoms with Gasteiger partial charge in [-0.25, -0.2) is 0 Å². The van der Waals surface area contributed by atoms with Gasteiger partial charge in [-0.15, -0.1) is 0 Å². The lowest BCUT2D eigenvalue weighted by molar-refractivity contribution is 0.970. The molecular weight excluding hydrogens is 160 g/mol. The molecular formula is C8H11ClN2. The zero-order chi connectivity index (χ0) is 8.27. The highest BCUT2D eigenvalue weighted by atomic mass is 35.5. The van der Waals surface area contributed by atoms with E-state index >= 15 is 0 Å². The maximum Gasteiger partial charge on any atom is 0.0439 e. The van der Waals surface area contributed by atoms with Gasteiger partial charge in [-0.2, -0.15) is 0 Å². The third-order valence-electron chi connectivity index (χ3n) is 1.48. The highest BCUT2D eigenvalue weighted by Gasteiger charge is 1.98. The molecule has 1 rings (SSSR count). The van der Waals surface area contributed by atoms with Crippen molar-refractivity contribution in [3.8, 4) is 0 Å². The molecule has 0 aliphatic heterocycles. The highest BCUT2D eigenvalue weighted by Crippen LogP contribution is 2.18. The number of benzene rings is 1. The van der Waals surface area contributed by atoms with Crippen molar-refractivity contribution >= 4 is 17.3 Å². The maximum atomic E-state index is 5.86. The Morgan fingerprint density at radius 2 is 2.09 bits per heavy atom. The lowest BCUT2D eigenvalue weighted by Gasteiger charge is -2.02. The number of hydrogen-bond acceptors (Lipinski definition) is 2. The van der Waals surface area contributed by atoms with Crippen LogP contribution in [0.4, 0.5) is 5.69 Å². The van der Waals surface area contributed by atoms with E-state index in [1.54, 1.807) is 12.1 Å². The molecule has 0 aliphatic rings. The average molecular weight is 171 g/mol. The summed E-state index contributed by atoms with van der Waals surface area (Å²) >= 11 is 5.86. The molecule has 0 unspecified atom stereocenters. The Morgan fingerprint density at radius 1 is 1.36 bits per heavy atom. The SMILES string of the molecule is NCCc1cc(N)ccc1Cl. The van der Waals surface area contributed by atoms with Crippen LogP contribution in [0.15, 0.2) is 18.2 Å². The lowest BCUT2D eigenvalue weighted by atomic mass is 10.1. The summed E-state index contributed by atoms with van der Waals surface area (Å²) in [7, 11) is 0. The third kappa shape index (κ3) is 2.10. The first-order valence-electron chi connectivity index (χ1n) is 3.48. The smallest absolute Gasteiger partial charge is 0.0439 e. The first-order valence-corrected chi connectivity index (χ1v) is 3.86. The van der Waals surface area contributed by atoms with E-state index in [4.69, 9.17) is 23.1 Å². The van der Waals surface area contributed by atoms with Crippen LogP contribution in [-0.4, -0.2) is 6.54 Å². The summed E-state index contributed by atoms with van der Waals surface area (Å²) in [6, 6.07) is 5.43. The molecule has 0 saturated carbocycles. The van der Waals surface area contributed by atoms with Crippen LogP contribution in [0.5, 0.6) is 0 Å². The van der Waals surface area contributed by atoms with Crippen LogP contribution in [0.25, 0.3) is 0 Å². The van der Waals surface area contributed by atoms with Crippen molar-refractivity contribution in [2.45, 2.75) is 6.42 Å². The second-order valence-corrected chi connectivity index (χ2v) is 2.80. The van der Waals surface area contributed by atoms with Crippen LogP contribution in [0, 0.1) is 0 Å². The topological polar surface area (TPSA) is 52.0 Å². The lowest BCUT2D eigenvalue weighted by Crippen LogP contribution is -2.03. The number of rotatable bonds is 2. The van der Waals surface area contributed by atoms with Crippen LogP contribution < -0.4 is 11.5 Å². The third-order valence-corrected chi connectivity index (χ3v) is 1.85. The van der Waals surface area contributed by atoms with Gasteiger partial charge in [0.25, 0.3) is 0 Å². The zero-order valence-electron chi connectivity index (χ0n) is 6.18. The molecule has 0 radical (unpaired) electrons. The number of halogens is 1. The van der Waals surface area contributed by atoms with Crippen LogP contribution in [-0.2, 0) is 6.42 Å². The fraction of sp³-hybridized carbons (Fsp3) is 0.250. The molecule has 0 heterocycles. The van der Waals surface area contributed by atoms with Crippen molar-refractivity contribution in [3.05, 3.63) is 28.8 Å². The normalized spacial score (nSPS) is 10.0. The molecule has 2 nitrogen and oxygen atoms in total. The molecule has 0 atom stereocenters. The predicted molar refractivity (Wildman–Crippen MR) is 48.6 cm³/mol. The minimum Gasteiger partial charge on any atom is -0.399 e. The molecule has 3 heteroatoms. The van der Waals surface area contributed by atoms with Gasteiger partial charge < -0.3 is 11.5 Å². The van der Waals surface area contributed by atoms with E-state index in [1.165, 1.54) is 0 Å². The molecule has 4 N–H and O–H groups in total. The molecule has 11 heavy (non-hydrogen) atoms. The van der Waals surface area contributed by atoms with Gasteiger partial charge in [0.1, 0.15) is 0 Å². The molecule has 0 aromatic heterocycles. The summed E-state index contributed by atoms with van der Waals surface area (Å²) in [5, 5.41) is 0.740. The van der Waals surface area contributed by atoms with E-state index in [0.717, 1.165) is 22.7 Å². The predicted octanol–water partition coefficient (Wildman–Crippen LogP) is 1.42. The Hall–Kier alpha value is -0.730. The van der Waals surface area contributed by atoms with Crippen molar-refractivity contribution in [3.63, 3.8) is 0 Å². The van der Waals surface area contributed by atoms with Gasteiger partial charge in [-0.1, -0.05) is 11.6 Å². The van der Waals surface area contributed by atoms with Crippen molar-refractivity contribution in [2.75, 3.05) is 12.3 Å². The first-order chi connectivity index (χ1) is 5.24. The van der Waals surface area contributed by atoms with Gasteiger partial charge in [-0.05, 0) is 36.7 Å². The second kappa shape index (κ2) is 3.60. The van der Waals surface area contributed by atoms with E-state index < -0.39 is 0 Å². The Balaban J connectivity index is 2.93. The Kier molecular flexibility index (Phi) is 2.74. The summed E-state index contributed by atoms with van der Waals surface area (Å²) in [4.78, 5) is 0. The average Bonchev–Trinajstić information content (AvgIpc) is 1.98. The van der Waals surface area contributed by atoms with Crippen LogP contribution in [0.1, 0.15) is 5.56 Å². The maximum absolute atomic E-state index is 5.86. The highest BCUT2D eigenvalue weighted by molar-refractivity contribution is 6.31. The molecule has 0 amide bonds. The van der Waals surface area contributed by atoms with Crippen molar-refractivity contribution in [1.82, 2.24) is 0 Å². The number of hydrogen-bond donors (Lipinski definition) is 2. The van der Waals surface area contributed by atoms with Crippen LogP contribution >= 0.6 is 11.6 Å². The largest absolute Gasteiger partial charge is 0.399 e. The molecule has 1 aromatic rings. The second-order valence-electron chi connectivity index (χ2n) is 2.39. The summed E-state index contributed by atoms with van der Waals surface area (Å²) in [5.74, 6) is 0. The summed E-state index contributed by atoms with van der Waals surface area (Å²) in [6.45, 7) is 0.600. The standard InChI is InChI=1S/C8H11ClN2/c9-8-2-1-7(11)5-6(8)3-4-10/h1-2,5H,3-4,10-11H2. The first kappa shape index (κ1) is 8.37. The van der Waals surface area contributed by atoms with Gasteiger partial charge in [-0.3, -0.25) is 0 Å². The zero-order valence-corrected chi connectivity index (χ0v) is 6.93. The fourth-order valence-corrected chi connectivity index (χ4v) is 1.15. The molecule has 0 saturated heterocycles. The minimum absolute atomic E-state index is 0.600. The quantitative estimate of drug-likeness (QED) is 0.660. The molecule has 0 bridgehead atoms. The van der Waals surface area contributed by atoms with Gasteiger partial charge in [0.2, 0.25) is 0 Å².